The zero-order valence-corrected chi connectivity index (χ0v) is 18.4. The summed E-state index contributed by atoms with van der Waals surface area (Å²) in [4.78, 5) is 25.9. The second-order valence-electron chi connectivity index (χ2n) is 8.23. The summed E-state index contributed by atoms with van der Waals surface area (Å²) in [6, 6.07) is 16.9. The highest BCUT2D eigenvalue weighted by Gasteiger charge is 2.31. The molecule has 1 saturated heterocycles. The van der Waals surface area contributed by atoms with Crippen LogP contribution in [0.1, 0.15) is 37.0 Å². The van der Waals surface area contributed by atoms with Gasteiger partial charge in [0.25, 0.3) is 0 Å². The number of rotatable bonds is 8. The third-order valence-corrected chi connectivity index (χ3v) is 5.72. The molecular formula is C24H32N4O4. The van der Waals surface area contributed by atoms with Crippen LogP contribution >= 0.6 is 0 Å². The number of nitrogen functional groups attached to an aromatic ring is 1. The van der Waals surface area contributed by atoms with Crippen molar-refractivity contribution in [1.29, 1.82) is 0 Å². The maximum absolute atomic E-state index is 12.1. The van der Waals surface area contributed by atoms with Crippen molar-refractivity contribution in [3.8, 4) is 0 Å². The van der Waals surface area contributed by atoms with E-state index in [1.54, 1.807) is 6.07 Å². The van der Waals surface area contributed by atoms with E-state index < -0.39 is 18.3 Å². The number of piperidine rings is 1. The van der Waals surface area contributed by atoms with Crippen LogP contribution in [0.2, 0.25) is 0 Å². The average molecular weight is 441 g/mol. The standard InChI is InChI=1S/C24H32N4O4/c1-17(27-24(30)31-16-18-7-3-2-4-8-18)15-28-13-11-19(12-14-28)22(32-23(26)29)20-9-5-6-10-21(20)25/h2-10,17,19,22H,11-16,25H2,1H3,(H2,26,29)(H,27,30)/t17-,22-/m0/s1. The van der Waals surface area contributed by atoms with Crippen LogP contribution in [-0.4, -0.2) is 42.8 Å². The van der Waals surface area contributed by atoms with Crippen molar-refractivity contribution in [3.05, 3.63) is 65.7 Å². The number of ether oxygens (including phenoxy) is 2. The fourth-order valence-corrected chi connectivity index (χ4v) is 4.15. The number of anilines is 1. The quantitative estimate of drug-likeness (QED) is 0.541. The number of hydrogen-bond donors (Lipinski definition) is 3. The molecule has 3 rings (SSSR count). The number of hydrogen-bond acceptors (Lipinski definition) is 6. The van der Waals surface area contributed by atoms with Gasteiger partial charge in [0.15, 0.2) is 0 Å². The van der Waals surface area contributed by atoms with Gasteiger partial charge in [-0.1, -0.05) is 48.5 Å². The van der Waals surface area contributed by atoms with Gasteiger partial charge in [-0.25, -0.2) is 9.59 Å². The van der Waals surface area contributed by atoms with Gasteiger partial charge < -0.3 is 31.2 Å². The first-order valence-corrected chi connectivity index (χ1v) is 10.9. The predicted molar refractivity (Wildman–Crippen MR) is 123 cm³/mol. The van der Waals surface area contributed by atoms with Crippen LogP contribution in [0.25, 0.3) is 0 Å². The molecule has 2 atom stereocenters. The second kappa shape index (κ2) is 11.4. The molecular weight excluding hydrogens is 408 g/mol. The zero-order valence-electron chi connectivity index (χ0n) is 18.4. The number of carbonyl (C=O) groups is 2. The van der Waals surface area contributed by atoms with Gasteiger partial charge in [0, 0.05) is 29.8 Å². The number of alkyl carbamates (subject to hydrolysis) is 1. The van der Waals surface area contributed by atoms with Crippen molar-refractivity contribution in [1.82, 2.24) is 10.2 Å². The molecule has 1 aliphatic rings. The van der Waals surface area contributed by atoms with E-state index in [4.69, 9.17) is 20.9 Å². The summed E-state index contributed by atoms with van der Waals surface area (Å²) in [6.07, 6.45) is -0.0212. The van der Waals surface area contributed by atoms with Crippen LogP contribution in [0, 0.1) is 5.92 Å². The summed E-state index contributed by atoms with van der Waals surface area (Å²) in [5, 5.41) is 2.89. The molecule has 0 spiro atoms. The highest BCUT2D eigenvalue weighted by atomic mass is 16.6. The van der Waals surface area contributed by atoms with Crippen molar-refractivity contribution >= 4 is 17.9 Å². The van der Waals surface area contributed by atoms with Crippen LogP contribution in [0.3, 0.4) is 0 Å². The van der Waals surface area contributed by atoms with E-state index in [0.717, 1.165) is 37.1 Å². The van der Waals surface area contributed by atoms with E-state index in [1.807, 2.05) is 55.5 Å². The Kier molecular flexibility index (Phi) is 8.33. The van der Waals surface area contributed by atoms with Crippen LogP contribution in [0.4, 0.5) is 15.3 Å². The molecule has 1 heterocycles. The maximum atomic E-state index is 12.1. The number of nitrogens with one attached hydrogen (secondary N) is 1. The van der Waals surface area contributed by atoms with E-state index in [-0.39, 0.29) is 18.6 Å². The Labute approximate surface area is 188 Å². The average Bonchev–Trinajstić information content (AvgIpc) is 2.78. The topological polar surface area (TPSA) is 120 Å². The van der Waals surface area contributed by atoms with E-state index in [1.165, 1.54) is 0 Å². The highest BCUT2D eigenvalue weighted by Crippen LogP contribution is 2.36. The van der Waals surface area contributed by atoms with Crippen molar-refractivity contribution in [2.24, 2.45) is 11.7 Å². The van der Waals surface area contributed by atoms with Gasteiger partial charge >= 0.3 is 12.2 Å². The minimum atomic E-state index is -0.799. The fourth-order valence-electron chi connectivity index (χ4n) is 4.15. The molecule has 8 heteroatoms. The number of primary amides is 1. The van der Waals surface area contributed by atoms with E-state index in [9.17, 15) is 9.59 Å². The highest BCUT2D eigenvalue weighted by molar-refractivity contribution is 5.67. The number of nitrogens with zero attached hydrogens (tertiary/aromatic N) is 1. The minimum absolute atomic E-state index is 0.0581. The minimum Gasteiger partial charge on any atom is -0.445 e. The second-order valence-corrected chi connectivity index (χ2v) is 8.23. The van der Waals surface area contributed by atoms with Gasteiger partial charge in [-0.2, -0.15) is 0 Å². The molecule has 172 valence electrons. The summed E-state index contributed by atoms with van der Waals surface area (Å²) in [5.41, 5.74) is 13.8. The van der Waals surface area contributed by atoms with Gasteiger partial charge in [-0.3, -0.25) is 0 Å². The maximum Gasteiger partial charge on any atom is 0.407 e. The molecule has 0 unspecified atom stereocenters. The first-order chi connectivity index (χ1) is 15.4. The lowest BCUT2D eigenvalue weighted by molar-refractivity contribution is 0.0367. The van der Waals surface area contributed by atoms with Crippen LogP contribution in [0.5, 0.6) is 0 Å². The lowest BCUT2D eigenvalue weighted by atomic mass is 9.86. The van der Waals surface area contributed by atoms with Crippen LogP contribution in [0.15, 0.2) is 54.6 Å². The first-order valence-electron chi connectivity index (χ1n) is 10.9. The number of para-hydroxylation sites is 1. The van der Waals surface area contributed by atoms with Gasteiger partial charge in [0.1, 0.15) is 12.7 Å². The molecule has 0 aromatic heterocycles. The van der Waals surface area contributed by atoms with Gasteiger partial charge in [-0.15, -0.1) is 0 Å². The summed E-state index contributed by atoms with van der Waals surface area (Å²) in [6.45, 7) is 4.55. The number of carbonyl (C=O) groups excluding carboxylic acids is 2. The van der Waals surface area contributed by atoms with Gasteiger partial charge in [-0.05, 0) is 44.5 Å². The van der Waals surface area contributed by atoms with E-state index >= 15 is 0 Å². The lowest BCUT2D eigenvalue weighted by Gasteiger charge is -2.36. The molecule has 0 aliphatic carbocycles. The zero-order chi connectivity index (χ0) is 22.9. The lowest BCUT2D eigenvalue weighted by Crippen LogP contribution is -2.45. The number of benzene rings is 2. The normalized spacial score (nSPS) is 16.7. The third-order valence-electron chi connectivity index (χ3n) is 5.72. The Balaban J connectivity index is 1.46. The van der Waals surface area contributed by atoms with Crippen LogP contribution < -0.4 is 16.8 Å². The monoisotopic (exact) mass is 440 g/mol. The summed E-state index contributed by atoms with van der Waals surface area (Å²) in [5.74, 6) is 0.127. The Hall–Kier alpha value is -3.26. The predicted octanol–water partition coefficient (Wildman–Crippen LogP) is 3.43. The largest absolute Gasteiger partial charge is 0.445 e. The molecule has 0 radical (unpaired) electrons. The molecule has 2 aromatic rings. The number of amides is 2. The Bertz CT molecular complexity index is 885. The van der Waals surface area contributed by atoms with E-state index in [0.29, 0.717) is 12.2 Å². The van der Waals surface area contributed by atoms with Crippen molar-refractivity contribution < 1.29 is 19.1 Å². The molecule has 1 aliphatic heterocycles. The molecule has 1 fully saturated rings. The van der Waals surface area contributed by atoms with Gasteiger partial charge in [0.05, 0.1) is 0 Å². The molecule has 8 nitrogen and oxygen atoms in total. The fraction of sp³-hybridized carbons (Fsp3) is 0.417. The Morgan fingerprint density at radius 1 is 1.09 bits per heavy atom. The summed E-state index contributed by atoms with van der Waals surface area (Å²) < 4.78 is 10.7. The van der Waals surface area contributed by atoms with Gasteiger partial charge in [0.2, 0.25) is 0 Å². The Morgan fingerprint density at radius 2 is 1.75 bits per heavy atom. The summed E-state index contributed by atoms with van der Waals surface area (Å²) >= 11 is 0. The number of likely N-dealkylation sites (tertiary alicyclic amines) is 1. The number of nitrogens with two attached hydrogens (primary N) is 2. The van der Waals surface area contributed by atoms with E-state index in [2.05, 4.69) is 10.2 Å². The smallest absolute Gasteiger partial charge is 0.407 e. The van der Waals surface area contributed by atoms with Crippen molar-refractivity contribution in [3.63, 3.8) is 0 Å². The summed E-state index contributed by atoms with van der Waals surface area (Å²) in [7, 11) is 0. The SMILES string of the molecule is C[C@@H](CN1CCC([C@H](OC(N)=O)c2ccccc2N)CC1)NC(=O)OCc1ccccc1. The molecule has 5 N–H and O–H groups in total. The molecule has 0 bridgehead atoms. The molecule has 32 heavy (non-hydrogen) atoms. The van der Waals surface area contributed by atoms with Crippen molar-refractivity contribution in [2.45, 2.75) is 38.5 Å². The molecule has 2 aromatic carbocycles. The molecule has 0 saturated carbocycles. The third kappa shape index (κ3) is 6.88. The van der Waals surface area contributed by atoms with Crippen molar-refractivity contribution in [2.75, 3.05) is 25.4 Å². The Morgan fingerprint density at radius 3 is 2.41 bits per heavy atom. The molecule has 2 amide bonds. The van der Waals surface area contributed by atoms with Crippen LogP contribution in [-0.2, 0) is 16.1 Å². The first kappa shape index (κ1) is 23.4.